The molecular formula is C33H36N6O2. The van der Waals surface area contributed by atoms with E-state index in [1.54, 1.807) is 13.2 Å². The Labute approximate surface area is 241 Å². The second-order valence-electron chi connectivity index (χ2n) is 10.2. The van der Waals surface area contributed by atoms with E-state index in [0.717, 1.165) is 47.2 Å². The third-order valence-electron chi connectivity index (χ3n) is 6.97. The summed E-state index contributed by atoms with van der Waals surface area (Å²) in [6, 6.07) is 23.3. The second-order valence-corrected chi connectivity index (χ2v) is 10.2. The van der Waals surface area contributed by atoms with E-state index in [2.05, 4.69) is 23.6 Å². The van der Waals surface area contributed by atoms with Crippen LogP contribution in [0.15, 0.2) is 77.7 Å². The Morgan fingerprint density at radius 2 is 1.88 bits per heavy atom. The Bertz CT molecular complexity index is 1640. The zero-order chi connectivity index (χ0) is 29.4. The first kappa shape index (κ1) is 29.2. The molecule has 4 aromatic rings. The van der Waals surface area contributed by atoms with E-state index in [-0.39, 0.29) is 17.3 Å². The maximum absolute atomic E-state index is 13.3. The summed E-state index contributed by atoms with van der Waals surface area (Å²) in [4.78, 5) is 32.9. The fourth-order valence-corrected chi connectivity index (χ4v) is 4.76. The fourth-order valence-electron chi connectivity index (χ4n) is 4.76. The number of benzene rings is 3. The summed E-state index contributed by atoms with van der Waals surface area (Å²) in [7, 11) is 3.58. The first-order valence-electron chi connectivity index (χ1n) is 13.8. The van der Waals surface area contributed by atoms with E-state index in [0.29, 0.717) is 30.0 Å². The molecule has 1 aromatic heterocycles. The number of carbonyl (C=O) groups is 1. The molecule has 4 rings (SSSR count). The van der Waals surface area contributed by atoms with Crippen molar-refractivity contribution in [2.45, 2.75) is 39.7 Å². The van der Waals surface area contributed by atoms with Crippen LogP contribution in [0.3, 0.4) is 0 Å². The maximum Gasteiger partial charge on any atom is 0.293 e. The van der Waals surface area contributed by atoms with Gasteiger partial charge in [0.25, 0.3) is 11.5 Å². The molecule has 0 spiro atoms. The minimum Gasteiger partial charge on any atom is -0.336 e. The molecule has 210 valence electrons. The van der Waals surface area contributed by atoms with Gasteiger partial charge in [0.1, 0.15) is 0 Å². The number of rotatable bonds is 11. The Morgan fingerprint density at radius 1 is 1.10 bits per heavy atom. The van der Waals surface area contributed by atoms with Crippen LogP contribution in [-0.4, -0.2) is 34.0 Å². The Hall–Kier alpha value is -4.74. The van der Waals surface area contributed by atoms with Crippen molar-refractivity contribution < 1.29 is 4.79 Å². The zero-order valence-electron chi connectivity index (χ0n) is 24.1. The van der Waals surface area contributed by atoms with Crippen molar-refractivity contribution >= 4 is 23.1 Å². The first-order chi connectivity index (χ1) is 19.8. The highest BCUT2D eigenvalue weighted by Gasteiger charge is 2.16. The van der Waals surface area contributed by atoms with Crippen LogP contribution in [0, 0.1) is 18.3 Å². The summed E-state index contributed by atoms with van der Waals surface area (Å²) in [6.45, 7) is 5.01. The molecule has 2 N–H and O–H groups in total. The van der Waals surface area contributed by atoms with E-state index in [1.165, 1.54) is 4.57 Å². The van der Waals surface area contributed by atoms with Crippen LogP contribution in [0.5, 0.6) is 0 Å². The highest BCUT2D eigenvalue weighted by atomic mass is 16.1. The third kappa shape index (κ3) is 7.27. The van der Waals surface area contributed by atoms with Crippen LogP contribution in [0.4, 0.5) is 17.2 Å². The van der Waals surface area contributed by atoms with Gasteiger partial charge in [0.05, 0.1) is 18.3 Å². The summed E-state index contributed by atoms with van der Waals surface area (Å²) in [5.41, 5.74) is 6.17. The van der Waals surface area contributed by atoms with Crippen LogP contribution >= 0.6 is 0 Å². The SMILES string of the molecule is CCCCc1ccccc1C(=O)Nc1cccc(-c2cn(C)c(=O)c(Nc3cccc(CN(C)CC#N)c3)n2)c1C. The number of hydrogen-bond donors (Lipinski definition) is 2. The molecule has 1 amide bonds. The van der Waals surface area contributed by atoms with Gasteiger partial charge < -0.3 is 15.2 Å². The number of aromatic nitrogens is 2. The van der Waals surface area contributed by atoms with Crippen LogP contribution < -0.4 is 16.2 Å². The van der Waals surface area contributed by atoms with Crippen molar-refractivity contribution in [2.24, 2.45) is 7.05 Å². The number of nitrogens with zero attached hydrogens (tertiary/aromatic N) is 4. The van der Waals surface area contributed by atoms with Crippen molar-refractivity contribution in [1.82, 2.24) is 14.5 Å². The first-order valence-corrected chi connectivity index (χ1v) is 13.8. The molecule has 8 nitrogen and oxygen atoms in total. The van der Waals surface area contributed by atoms with Crippen molar-refractivity contribution in [3.05, 3.63) is 106 Å². The van der Waals surface area contributed by atoms with Gasteiger partial charge in [-0.2, -0.15) is 5.26 Å². The summed E-state index contributed by atoms with van der Waals surface area (Å²) < 4.78 is 1.50. The van der Waals surface area contributed by atoms with Crippen LogP contribution in [0.1, 0.15) is 46.8 Å². The molecule has 0 saturated carbocycles. The highest BCUT2D eigenvalue weighted by Crippen LogP contribution is 2.28. The number of anilines is 3. The summed E-state index contributed by atoms with van der Waals surface area (Å²) in [5.74, 6) is 0.0549. The van der Waals surface area contributed by atoms with E-state index in [4.69, 9.17) is 10.2 Å². The molecule has 0 saturated heterocycles. The standard InChI is InChI=1S/C33H36N6O2/c1-5-6-12-25-13-7-8-15-28(25)32(40)37-29-17-10-16-27(23(29)2)30-22-39(4)33(41)31(36-30)35-26-14-9-11-24(20-26)21-38(3)19-18-34/h7-11,13-17,20,22H,5-6,12,19,21H2,1-4H3,(H,35,36)(H,37,40). The van der Waals surface area contributed by atoms with Crippen molar-refractivity contribution in [3.63, 3.8) is 0 Å². The van der Waals surface area contributed by atoms with Crippen LogP contribution in [-0.2, 0) is 20.0 Å². The van der Waals surface area contributed by atoms with Gasteiger partial charge in [0.15, 0.2) is 5.82 Å². The highest BCUT2D eigenvalue weighted by molar-refractivity contribution is 6.06. The molecule has 0 aliphatic heterocycles. The monoisotopic (exact) mass is 548 g/mol. The number of nitriles is 1. The molecule has 1 heterocycles. The molecule has 0 radical (unpaired) electrons. The molecular weight excluding hydrogens is 512 g/mol. The fraction of sp³-hybridized carbons (Fsp3) is 0.273. The second kappa shape index (κ2) is 13.6. The molecule has 0 unspecified atom stereocenters. The molecule has 0 aliphatic carbocycles. The van der Waals surface area contributed by atoms with Gasteiger partial charge in [0.2, 0.25) is 0 Å². The summed E-state index contributed by atoms with van der Waals surface area (Å²) >= 11 is 0. The van der Waals surface area contributed by atoms with Gasteiger partial charge in [-0.1, -0.05) is 55.8 Å². The van der Waals surface area contributed by atoms with E-state index in [9.17, 15) is 9.59 Å². The van der Waals surface area contributed by atoms with Crippen molar-refractivity contribution in [2.75, 3.05) is 24.2 Å². The van der Waals surface area contributed by atoms with Gasteiger partial charge in [-0.3, -0.25) is 14.5 Å². The number of nitrogens with one attached hydrogen (secondary N) is 2. The zero-order valence-corrected chi connectivity index (χ0v) is 24.1. The topological polar surface area (TPSA) is 103 Å². The molecule has 8 heteroatoms. The van der Waals surface area contributed by atoms with Gasteiger partial charge in [-0.05, 0) is 67.8 Å². The third-order valence-corrected chi connectivity index (χ3v) is 6.97. The summed E-state index contributed by atoms with van der Waals surface area (Å²) in [5, 5.41) is 15.2. The molecule has 0 fully saturated rings. The molecule has 0 aliphatic rings. The lowest BCUT2D eigenvalue weighted by Gasteiger charge is -2.16. The van der Waals surface area contributed by atoms with Crippen LogP contribution in [0.25, 0.3) is 11.3 Å². The summed E-state index contributed by atoms with van der Waals surface area (Å²) in [6.07, 6.45) is 4.65. The predicted octanol–water partition coefficient (Wildman–Crippen LogP) is 6.05. The average Bonchev–Trinajstić information content (AvgIpc) is 2.96. The lowest BCUT2D eigenvalue weighted by atomic mass is 10.0. The Kier molecular flexibility index (Phi) is 9.67. The Morgan fingerprint density at radius 3 is 2.66 bits per heavy atom. The molecule has 41 heavy (non-hydrogen) atoms. The van der Waals surface area contributed by atoms with Gasteiger partial charge in [-0.25, -0.2) is 4.98 Å². The number of hydrogen-bond acceptors (Lipinski definition) is 6. The minimum atomic E-state index is -0.258. The lowest BCUT2D eigenvalue weighted by molar-refractivity contribution is 0.102. The van der Waals surface area contributed by atoms with Gasteiger partial charge in [-0.15, -0.1) is 0 Å². The molecule has 0 atom stereocenters. The van der Waals surface area contributed by atoms with Crippen molar-refractivity contribution in [1.29, 1.82) is 5.26 Å². The number of amides is 1. The number of aryl methyl sites for hydroxylation is 2. The van der Waals surface area contributed by atoms with Gasteiger partial charge >= 0.3 is 0 Å². The molecule has 0 bridgehead atoms. The van der Waals surface area contributed by atoms with E-state index >= 15 is 0 Å². The largest absolute Gasteiger partial charge is 0.336 e. The molecule has 3 aromatic carbocycles. The minimum absolute atomic E-state index is 0.145. The smallest absolute Gasteiger partial charge is 0.293 e. The lowest BCUT2D eigenvalue weighted by Crippen LogP contribution is -2.22. The predicted molar refractivity (Wildman–Crippen MR) is 164 cm³/mol. The number of carbonyl (C=O) groups excluding carboxylic acids is 1. The Balaban J connectivity index is 1.61. The van der Waals surface area contributed by atoms with E-state index in [1.807, 2.05) is 85.6 Å². The van der Waals surface area contributed by atoms with E-state index < -0.39 is 0 Å². The van der Waals surface area contributed by atoms with Crippen molar-refractivity contribution in [3.8, 4) is 17.3 Å². The van der Waals surface area contributed by atoms with Crippen LogP contribution in [0.2, 0.25) is 0 Å². The quantitative estimate of drug-likeness (QED) is 0.221. The maximum atomic E-state index is 13.3. The normalized spacial score (nSPS) is 10.8. The van der Waals surface area contributed by atoms with Gasteiger partial charge in [0, 0.05) is 42.3 Å². The average molecular weight is 549 g/mol. The number of unbranched alkanes of at least 4 members (excludes halogenated alkanes) is 1.